The number of rotatable bonds is 1. The molecule has 0 amide bonds. The molecule has 1 nitrogen and oxygen atoms in total. The fraction of sp³-hybridized carbons (Fsp3) is 0.375. The summed E-state index contributed by atoms with van der Waals surface area (Å²) in [6.07, 6.45) is 1.95. The molecule has 0 saturated carbocycles. The maximum absolute atomic E-state index is 4.20. The number of hydrogen-bond acceptors (Lipinski definition) is 1. The van der Waals surface area contributed by atoms with E-state index >= 15 is 0 Å². The van der Waals surface area contributed by atoms with E-state index in [0.29, 0.717) is 0 Å². The van der Waals surface area contributed by atoms with Crippen molar-refractivity contribution >= 4 is 16.9 Å². The van der Waals surface area contributed by atoms with Gasteiger partial charge in [0.1, 0.15) is 0 Å². The van der Waals surface area contributed by atoms with Crippen molar-refractivity contribution in [2.75, 3.05) is 0 Å². The third-order valence-corrected chi connectivity index (χ3v) is 2.24. The molecule has 1 rings (SSSR count). The summed E-state index contributed by atoms with van der Waals surface area (Å²) in [5.74, 6) is 0. The zero-order valence-electron chi connectivity index (χ0n) is 6.26. The van der Waals surface area contributed by atoms with Crippen molar-refractivity contribution in [1.29, 1.82) is 0 Å². The van der Waals surface area contributed by atoms with Gasteiger partial charge in [0.25, 0.3) is 0 Å². The van der Waals surface area contributed by atoms with E-state index in [2.05, 4.69) is 34.8 Å². The van der Waals surface area contributed by atoms with E-state index in [0.717, 1.165) is 10.9 Å². The molecule has 1 heterocycles. The Kier molecular flexibility index (Phi) is 2.50. The Labute approximate surface area is 70.4 Å². The Balaban J connectivity index is 3.07. The van der Waals surface area contributed by atoms with Crippen LogP contribution in [0.3, 0.4) is 0 Å². The molecule has 0 N–H and O–H groups in total. The summed E-state index contributed by atoms with van der Waals surface area (Å²) in [6.45, 7) is 4.14. The Bertz CT molecular complexity index is 233. The molecule has 0 unspecified atom stereocenters. The number of aryl methyl sites for hydroxylation is 2. The van der Waals surface area contributed by atoms with Crippen LogP contribution in [0.25, 0.3) is 0 Å². The van der Waals surface area contributed by atoms with Crippen LogP contribution in [0.4, 0.5) is 0 Å². The molecule has 10 heavy (non-hydrogen) atoms. The molecule has 0 fully saturated rings. The normalized spacial score (nSPS) is 9.90. The molecular weight excluding hydrogens is 185 g/mol. The standard InChI is InChI=1S/C8H10AsN/c1-6-3-7(2)10-5-8(6)4-9/h3,5H,4H2,1-2H3. The third kappa shape index (κ3) is 1.60. The first-order valence-corrected chi connectivity index (χ1v) is 4.59. The number of pyridine rings is 1. The Hall–Kier alpha value is -0.292. The Morgan fingerprint density at radius 3 is 2.70 bits per heavy atom. The predicted octanol–water partition coefficient (Wildman–Crippen LogP) is 1.37. The monoisotopic (exact) mass is 195 g/mol. The van der Waals surface area contributed by atoms with Gasteiger partial charge in [-0.05, 0) is 0 Å². The molecule has 0 aliphatic carbocycles. The average molecular weight is 195 g/mol. The summed E-state index contributed by atoms with van der Waals surface area (Å²) >= 11 is 2.57. The van der Waals surface area contributed by atoms with E-state index in [1.807, 2.05) is 13.1 Å². The average Bonchev–Trinajstić information content (AvgIpc) is 1.88. The molecule has 0 aromatic carbocycles. The van der Waals surface area contributed by atoms with Crippen molar-refractivity contribution in [3.63, 3.8) is 0 Å². The molecule has 0 aliphatic heterocycles. The molecule has 0 spiro atoms. The van der Waals surface area contributed by atoms with Gasteiger partial charge in [0.2, 0.25) is 0 Å². The first-order valence-electron chi connectivity index (χ1n) is 3.27. The maximum atomic E-state index is 4.20. The van der Waals surface area contributed by atoms with Crippen LogP contribution in [0.15, 0.2) is 12.3 Å². The number of nitrogens with zero attached hydrogens (tertiary/aromatic N) is 1. The van der Waals surface area contributed by atoms with Gasteiger partial charge in [0.05, 0.1) is 0 Å². The first-order chi connectivity index (χ1) is 4.74. The van der Waals surface area contributed by atoms with Crippen LogP contribution in [-0.4, -0.2) is 21.8 Å². The molecule has 1 aromatic heterocycles. The summed E-state index contributed by atoms with van der Waals surface area (Å²) < 4.78 is 0. The quantitative estimate of drug-likeness (QED) is 0.616. The van der Waals surface area contributed by atoms with Crippen LogP contribution in [0.2, 0.25) is 0 Å². The van der Waals surface area contributed by atoms with E-state index in [9.17, 15) is 0 Å². The summed E-state index contributed by atoms with van der Waals surface area (Å²) in [5.41, 5.74) is 3.76. The molecule has 2 heteroatoms. The second kappa shape index (κ2) is 3.20. The zero-order valence-corrected chi connectivity index (χ0v) is 8.13. The molecule has 1 aromatic rings. The topological polar surface area (TPSA) is 12.9 Å². The van der Waals surface area contributed by atoms with E-state index < -0.39 is 0 Å². The SMILES string of the molecule is Cc1cc(C)c(C[As])cn1. The van der Waals surface area contributed by atoms with Crippen molar-refractivity contribution in [2.45, 2.75) is 19.1 Å². The van der Waals surface area contributed by atoms with E-state index in [-0.39, 0.29) is 0 Å². The second-order valence-electron chi connectivity index (χ2n) is 2.41. The number of aromatic nitrogens is 1. The first kappa shape index (κ1) is 7.81. The fourth-order valence-electron chi connectivity index (χ4n) is 0.890. The third-order valence-electron chi connectivity index (χ3n) is 1.53. The van der Waals surface area contributed by atoms with Crippen LogP contribution in [-0.2, 0) is 5.21 Å². The summed E-state index contributed by atoms with van der Waals surface area (Å²) in [7, 11) is 0. The Morgan fingerprint density at radius 1 is 1.50 bits per heavy atom. The van der Waals surface area contributed by atoms with Gasteiger partial charge in [-0.2, -0.15) is 0 Å². The minimum atomic E-state index is 1.02. The van der Waals surface area contributed by atoms with Gasteiger partial charge in [-0.15, -0.1) is 0 Å². The van der Waals surface area contributed by atoms with Gasteiger partial charge < -0.3 is 0 Å². The van der Waals surface area contributed by atoms with Gasteiger partial charge in [-0.1, -0.05) is 0 Å². The molecule has 0 atom stereocenters. The van der Waals surface area contributed by atoms with Gasteiger partial charge in [-0.3, -0.25) is 0 Å². The summed E-state index contributed by atoms with van der Waals surface area (Å²) in [4.78, 5) is 4.20. The zero-order chi connectivity index (χ0) is 7.56. The van der Waals surface area contributed by atoms with Crippen LogP contribution in [0.1, 0.15) is 16.8 Å². The van der Waals surface area contributed by atoms with Crippen LogP contribution >= 0.6 is 0 Å². The summed E-state index contributed by atoms with van der Waals surface area (Å²) in [5, 5.41) is 1.02. The van der Waals surface area contributed by atoms with Gasteiger partial charge in [0.15, 0.2) is 0 Å². The minimum absolute atomic E-state index is 1.02. The molecular formula is C8H10AsN. The van der Waals surface area contributed by atoms with Crippen molar-refractivity contribution in [2.24, 2.45) is 0 Å². The number of hydrogen-bond donors (Lipinski definition) is 0. The van der Waals surface area contributed by atoms with Gasteiger partial charge >= 0.3 is 70.0 Å². The predicted molar refractivity (Wildman–Crippen MR) is 43.2 cm³/mol. The molecule has 0 bridgehead atoms. The van der Waals surface area contributed by atoms with E-state index in [1.165, 1.54) is 11.1 Å². The van der Waals surface area contributed by atoms with Gasteiger partial charge in [0, 0.05) is 0 Å². The molecule has 52 valence electrons. The van der Waals surface area contributed by atoms with E-state index in [4.69, 9.17) is 0 Å². The van der Waals surface area contributed by atoms with Crippen molar-refractivity contribution in [3.05, 3.63) is 29.1 Å². The fourth-order valence-corrected chi connectivity index (χ4v) is 1.58. The molecule has 2 radical (unpaired) electrons. The van der Waals surface area contributed by atoms with Crippen molar-refractivity contribution in [3.8, 4) is 0 Å². The van der Waals surface area contributed by atoms with E-state index in [1.54, 1.807) is 0 Å². The molecule has 0 saturated heterocycles. The second-order valence-corrected chi connectivity index (χ2v) is 3.07. The van der Waals surface area contributed by atoms with Gasteiger partial charge in [-0.25, -0.2) is 0 Å². The van der Waals surface area contributed by atoms with Crippen molar-refractivity contribution in [1.82, 2.24) is 4.98 Å². The summed E-state index contributed by atoms with van der Waals surface area (Å²) in [6, 6.07) is 2.11. The van der Waals surface area contributed by atoms with Crippen LogP contribution in [0.5, 0.6) is 0 Å². The molecule has 0 aliphatic rings. The Morgan fingerprint density at radius 2 is 2.20 bits per heavy atom. The van der Waals surface area contributed by atoms with Crippen LogP contribution in [0, 0.1) is 13.8 Å². The van der Waals surface area contributed by atoms with Crippen molar-refractivity contribution < 1.29 is 0 Å². The van der Waals surface area contributed by atoms with Crippen LogP contribution < -0.4 is 0 Å².